The van der Waals surface area contributed by atoms with Gasteiger partial charge in [-0.2, -0.15) is 0 Å². The first-order valence-corrected chi connectivity index (χ1v) is 7.90. The molecule has 19 heavy (non-hydrogen) atoms. The fraction of sp³-hybridized carbons (Fsp3) is 0.933. The number of carbonyl (C=O) groups is 1. The number of carbonyl (C=O) groups excluding carboxylic acids is 1. The lowest BCUT2D eigenvalue weighted by Crippen LogP contribution is -2.43. The average Bonchev–Trinajstić information content (AvgIpc) is 3.25. The molecule has 1 saturated carbocycles. The average molecular weight is 268 g/mol. The van der Waals surface area contributed by atoms with Crippen LogP contribution in [0.15, 0.2) is 0 Å². The van der Waals surface area contributed by atoms with Gasteiger partial charge in [0, 0.05) is 19.7 Å². The molecule has 4 nitrogen and oxygen atoms in total. The van der Waals surface area contributed by atoms with Crippen LogP contribution in [-0.2, 0) is 4.79 Å². The summed E-state index contributed by atoms with van der Waals surface area (Å²) in [5.41, 5.74) is 0. The van der Waals surface area contributed by atoms with Crippen molar-refractivity contribution >= 4 is 5.91 Å². The van der Waals surface area contributed by atoms with Crippen molar-refractivity contribution in [1.82, 2.24) is 10.2 Å². The summed E-state index contributed by atoms with van der Waals surface area (Å²) in [6, 6.07) is 0. The number of piperidine rings is 1. The molecule has 1 unspecified atom stereocenters. The van der Waals surface area contributed by atoms with Crippen LogP contribution in [0.25, 0.3) is 0 Å². The maximum atomic E-state index is 12.1. The lowest BCUT2D eigenvalue weighted by Gasteiger charge is -2.32. The highest BCUT2D eigenvalue weighted by atomic mass is 16.2. The second-order valence-corrected chi connectivity index (χ2v) is 6.11. The van der Waals surface area contributed by atoms with Gasteiger partial charge in [-0.25, -0.2) is 0 Å². The van der Waals surface area contributed by atoms with E-state index in [0.29, 0.717) is 6.61 Å². The summed E-state index contributed by atoms with van der Waals surface area (Å²) in [4.78, 5) is 14.5. The van der Waals surface area contributed by atoms with Gasteiger partial charge in [0.25, 0.3) is 0 Å². The van der Waals surface area contributed by atoms with Crippen molar-refractivity contribution in [3.05, 3.63) is 0 Å². The third-order valence-corrected chi connectivity index (χ3v) is 4.27. The molecule has 2 fully saturated rings. The molecule has 2 rings (SSSR count). The molecule has 0 bridgehead atoms. The normalized spacial score (nSPS) is 24.4. The summed E-state index contributed by atoms with van der Waals surface area (Å²) in [5.74, 6) is 1.24. The number of likely N-dealkylation sites (tertiary alicyclic amines) is 1. The molecule has 0 aromatic carbocycles. The number of nitrogens with zero attached hydrogens (tertiary/aromatic N) is 1. The van der Waals surface area contributed by atoms with Crippen LogP contribution in [0, 0.1) is 11.8 Å². The molecule has 1 atom stereocenters. The molecule has 4 heteroatoms. The van der Waals surface area contributed by atoms with Gasteiger partial charge in [-0.1, -0.05) is 0 Å². The Morgan fingerprint density at radius 2 is 2.05 bits per heavy atom. The van der Waals surface area contributed by atoms with E-state index >= 15 is 0 Å². The first kappa shape index (κ1) is 14.8. The topological polar surface area (TPSA) is 52.6 Å². The summed E-state index contributed by atoms with van der Waals surface area (Å²) in [6.45, 7) is 4.32. The molecule has 0 radical (unpaired) electrons. The van der Waals surface area contributed by atoms with Crippen molar-refractivity contribution in [3.63, 3.8) is 0 Å². The minimum atomic E-state index is 0.199. The van der Waals surface area contributed by atoms with Crippen LogP contribution in [-0.4, -0.2) is 48.7 Å². The quantitative estimate of drug-likeness (QED) is 0.654. The predicted octanol–water partition coefficient (Wildman–Crippen LogP) is 1.39. The number of nitrogens with one attached hydrogen (secondary N) is 1. The smallest absolute Gasteiger partial charge is 0.224 e. The maximum Gasteiger partial charge on any atom is 0.224 e. The van der Waals surface area contributed by atoms with E-state index in [2.05, 4.69) is 10.2 Å². The Morgan fingerprint density at radius 1 is 1.21 bits per heavy atom. The van der Waals surface area contributed by atoms with Crippen LogP contribution in [0.5, 0.6) is 0 Å². The van der Waals surface area contributed by atoms with Gasteiger partial charge in [-0.05, 0) is 64.0 Å². The molecular formula is C15H28N2O2. The minimum absolute atomic E-state index is 0.199. The van der Waals surface area contributed by atoms with Crippen molar-refractivity contribution in [2.75, 3.05) is 32.8 Å². The first-order chi connectivity index (χ1) is 9.29. The number of hydrogen-bond donors (Lipinski definition) is 2. The third kappa shape index (κ3) is 5.49. The van der Waals surface area contributed by atoms with Crippen LogP contribution in [0.1, 0.15) is 44.9 Å². The zero-order chi connectivity index (χ0) is 13.5. The molecule has 1 aliphatic heterocycles. The van der Waals surface area contributed by atoms with E-state index in [1.54, 1.807) is 0 Å². The van der Waals surface area contributed by atoms with Crippen molar-refractivity contribution < 1.29 is 9.90 Å². The van der Waals surface area contributed by atoms with E-state index in [4.69, 9.17) is 5.11 Å². The molecule has 1 aliphatic carbocycles. The summed E-state index contributed by atoms with van der Waals surface area (Å²) in [6.07, 6.45) is 7.90. The standard InChI is InChI=1S/C15H28N2O2/c18-10-3-1-2-8-17-9-4-5-14(12-17)15(19)16-11-13-6-7-13/h13-14,18H,1-12H2,(H,16,19). The van der Waals surface area contributed by atoms with E-state index in [1.807, 2.05) is 0 Å². The van der Waals surface area contributed by atoms with Gasteiger partial charge >= 0.3 is 0 Å². The lowest BCUT2D eigenvalue weighted by molar-refractivity contribution is -0.126. The second-order valence-electron chi connectivity index (χ2n) is 6.11. The highest BCUT2D eigenvalue weighted by molar-refractivity contribution is 5.79. The van der Waals surface area contributed by atoms with Gasteiger partial charge < -0.3 is 15.3 Å². The number of unbranched alkanes of at least 4 members (excludes halogenated alkanes) is 2. The zero-order valence-electron chi connectivity index (χ0n) is 11.9. The molecule has 2 N–H and O–H groups in total. The van der Waals surface area contributed by atoms with Crippen LogP contribution in [0.4, 0.5) is 0 Å². The van der Waals surface area contributed by atoms with E-state index in [1.165, 1.54) is 12.8 Å². The molecular weight excluding hydrogens is 240 g/mol. The fourth-order valence-corrected chi connectivity index (χ4v) is 2.81. The van der Waals surface area contributed by atoms with Crippen molar-refractivity contribution in [1.29, 1.82) is 0 Å². The van der Waals surface area contributed by atoms with Gasteiger partial charge in [0.05, 0.1) is 5.92 Å². The molecule has 0 spiro atoms. The van der Waals surface area contributed by atoms with Gasteiger partial charge in [-0.3, -0.25) is 4.79 Å². The lowest BCUT2D eigenvalue weighted by atomic mass is 9.97. The summed E-state index contributed by atoms with van der Waals surface area (Å²) < 4.78 is 0. The molecule has 0 aromatic heterocycles. The van der Waals surface area contributed by atoms with Crippen LogP contribution >= 0.6 is 0 Å². The van der Waals surface area contributed by atoms with E-state index in [0.717, 1.165) is 64.2 Å². The SMILES string of the molecule is O=C(NCC1CC1)C1CCCN(CCCCCO)C1. The van der Waals surface area contributed by atoms with E-state index in [-0.39, 0.29) is 11.8 Å². The van der Waals surface area contributed by atoms with Crippen molar-refractivity contribution in [3.8, 4) is 0 Å². The zero-order valence-corrected chi connectivity index (χ0v) is 11.9. The molecule has 1 heterocycles. The minimum Gasteiger partial charge on any atom is -0.396 e. The van der Waals surface area contributed by atoms with Crippen LogP contribution in [0.3, 0.4) is 0 Å². The van der Waals surface area contributed by atoms with E-state index < -0.39 is 0 Å². The molecule has 110 valence electrons. The number of aliphatic hydroxyl groups excluding tert-OH is 1. The number of hydrogen-bond acceptors (Lipinski definition) is 3. The van der Waals surface area contributed by atoms with Gasteiger partial charge in [0.2, 0.25) is 5.91 Å². The Morgan fingerprint density at radius 3 is 2.79 bits per heavy atom. The molecule has 1 amide bonds. The summed E-state index contributed by atoms with van der Waals surface area (Å²) in [5, 5.41) is 11.9. The Balaban J connectivity index is 1.62. The summed E-state index contributed by atoms with van der Waals surface area (Å²) >= 11 is 0. The largest absolute Gasteiger partial charge is 0.396 e. The highest BCUT2D eigenvalue weighted by Gasteiger charge is 2.27. The fourth-order valence-electron chi connectivity index (χ4n) is 2.81. The monoisotopic (exact) mass is 268 g/mol. The second kappa shape index (κ2) is 7.85. The number of aliphatic hydroxyl groups is 1. The Kier molecular flexibility index (Phi) is 6.11. The Hall–Kier alpha value is -0.610. The van der Waals surface area contributed by atoms with Gasteiger partial charge in [-0.15, -0.1) is 0 Å². The van der Waals surface area contributed by atoms with Crippen molar-refractivity contribution in [2.24, 2.45) is 11.8 Å². The number of rotatable bonds is 8. The van der Waals surface area contributed by atoms with Crippen LogP contribution < -0.4 is 5.32 Å². The molecule has 2 aliphatic rings. The van der Waals surface area contributed by atoms with E-state index in [9.17, 15) is 4.79 Å². The maximum absolute atomic E-state index is 12.1. The molecule has 0 aromatic rings. The van der Waals surface area contributed by atoms with Crippen molar-refractivity contribution in [2.45, 2.75) is 44.9 Å². The highest BCUT2D eigenvalue weighted by Crippen LogP contribution is 2.27. The summed E-state index contributed by atoms with van der Waals surface area (Å²) in [7, 11) is 0. The third-order valence-electron chi connectivity index (χ3n) is 4.27. The first-order valence-electron chi connectivity index (χ1n) is 7.90. The number of amides is 1. The van der Waals surface area contributed by atoms with Crippen LogP contribution in [0.2, 0.25) is 0 Å². The van der Waals surface area contributed by atoms with Gasteiger partial charge in [0.1, 0.15) is 0 Å². The predicted molar refractivity (Wildman–Crippen MR) is 75.8 cm³/mol. The molecule has 1 saturated heterocycles. The Labute approximate surface area is 116 Å². The Bertz CT molecular complexity index is 279. The van der Waals surface area contributed by atoms with Gasteiger partial charge in [0.15, 0.2) is 0 Å².